The Balaban J connectivity index is 2.95. The smallest absolute Gasteiger partial charge is 0.233 e. The predicted octanol–water partition coefficient (Wildman–Crippen LogP) is 2.21. The lowest BCUT2D eigenvalue weighted by Gasteiger charge is -2.31. The molecular weight excluding hydrogens is 252 g/mol. The van der Waals surface area contributed by atoms with E-state index in [1.54, 1.807) is 18.1 Å². The zero-order valence-corrected chi connectivity index (χ0v) is 12.6. The molecule has 0 aliphatic carbocycles. The van der Waals surface area contributed by atoms with Crippen LogP contribution in [0.1, 0.15) is 19.4 Å². The van der Waals surface area contributed by atoms with Crippen LogP contribution in [0, 0.1) is 0 Å². The Kier molecular flexibility index (Phi) is 5.77. The first-order valence-corrected chi connectivity index (χ1v) is 6.68. The van der Waals surface area contributed by atoms with E-state index < -0.39 is 5.41 Å². The van der Waals surface area contributed by atoms with Crippen molar-refractivity contribution in [2.75, 3.05) is 32.5 Å². The number of carbonyl (C=O) groups is 1. The topological polar surface area (TPSA) is 55.6 Å². The van der Waals surface area contributed by atoms with Crippen LogP contribution >= 0.6 is 0 Å². The fourth-order valence-electron chi connectivity index (χ4n) is 2.05. The van der Waals surface area contributed by atoms with Gasteiger partial charge in [-0.15, -0.1) is 6.58 Å². The second-order valence-electron chi connectivity index (χ2n) is 5.28. The molecule has 0 heterocycles. The van der Waals surface area contributed by atoms with Gasteiger partial charge in [-0.05, 0) is 31.5 Å². The van der Waals surface area contributed by atoms with Crippen LogP contribution in [-0.4, -0.2) is 37.6 Å². The molecule has 0 fully saturated rings. The maximum Gasteiger partial charge on any atom is 0.233 e. The van der Waals surface area contributed by atoms with E-state index in [-0.39, 0.29) is 5.91 Å². The molecule has 2 N–H and O–H groups in total. The van der Waals surface area contributed by atoms with Crippen molar-refractivity contribution >= 4 is 11.6 Å². The summed E-state index contributed by atoms with van der Waals surface area (Å²) in [6, 6.07) is 7.43. The van der Waals surface area contributed by atoms with Crippen LogP contribution in [0.5, 0.6) is 0 Å². The van der Waals surface area contributed by atoms with Crippen LogP contribution in [0.3, 0.4) is 0 Å². The summed E-state index contributed by atoms with van der Waals surface area (Å²) in [6.07, 6.45) is 1.73. The van der Waals surface area contributed by atoms with Gasteiger partial charge < -0.3 is 15.4 Å². The molecule has 0 saturated carbocycles. The summed E-state index contributed by atoms with van der Waals surface area (Å²) in [7, 11) is 1.63. The van der Waals surface area contributed by atoms with Crippen LogP contribution in [0.2, 0.25) is 0 Å². The van der Waals surface area contributed by atoms with Crippen LogP contribution in [0.15, 0.2) is 36.9 Å². The monoisotopic (exact) mass is 276 g/mol. The minimum atomic E-state index is -0.607. The lowest BCUT2D eigenvalue weighted by Crippen LogP contribution is -2.44. The second-order valence-corrected chi connectivity index (χ2v) is 5.28. The van der Waals surface area contributed by atoms with Gasteiger partial charge in [0.15, 0.2) is 0 Å². The van der Waals surface area contributed by atoms with E-state index in [1.807, 2.05) is 38.1 Å². The van der Waals surface area contributed by atoms with Crippen molar-refractivity contribution in [2.45, 2.75) is 19.3 Å². The third-order valence-electron chi connectivity index (χ3n) is 3.37. The minimum Gasteiger partial charge on any atom is -0.399 e. The number of hydrogen-bond donors (Lipinski definition) is 1. The number of nitrogen functional groups attached to an aromatic ring is 1. The molecule has 0 atom stereocenters. The van der Waals surface area contributed by atoms with Crippen molar-refractivity contribution in [3.8, 4) is 0 Å². The van der Waals surface area contributed by atoms with Gasteiger partial charge in [0.1, 0.15) is 0 Å². The van der Waals surface area contributed by atoms with Crippen LogP contribution in [0.4, 0.5) is 5.69 Å². The Morgan fingerprint density at radius 1 is 1.40 bits per heavy atom. The van der Waals surface area contributed by atoms with Gasteiger partial charge >= 0.3 is 0 Å². The Hall–Kier alpha value is -1.81. The minimum absolute atomic E-state index is 0.0548. The third kappa shape index (κ3) is 3.84. The van der Waals surface area contributed by atoms with Gasteiger partial charge in [0.2, 0.25) is 5.91 Å². The molecule has 1 aromatic rings. The Morgan fingerprint density at radius 3 is 2.50 bits per heavy atom. The molecule has 0 saturated heterocycles. The molecule has 0 aliphatic rings. The van der Waals surface area contributed by atoms with Gasteiger partial charge in [0.25, 0.3) is 0 Å². The van der Waals surface area contributed by atoms with Crippen molar-refractivity contribution in [3.63, 3.8) is 0 Å². The number of amides is 1. The number of hydrogen-bond acceptors (Lipinski definition) is 3. The first-order chi connectivity index (χ1) is 9.43. The summed E-state index contributed by atoms with van der Waals surface area (Å²) in [5.41, 5.74) is 6.73. The van der Waals surface area contributed by atoms with Crippen LogP contribution in [0.25, 0.3) is 0 Å². The third-order valence-corrected chi connectivity index (χ3v) is 3.37. The van der Waals surface area contributed by atoms with E-state index in [9.17, 15) is 4.79 Å². The van der Waals surface area contributed by atoms with Crippen molar-refractivity contribution in [3.05, 3.63) is 42.5 Å². The summed E-state index contributed by atoms with van der Waals surface area (Å²) in [5, 5.41) is 0. The molecule has 110 valence electrons. The molecule has 1 aromatic carbocycles. The van der Waals surface area contributed by atoms with Crippen molar-refractivity contribution in [2.24, 2.45) is 0 Å². The van der Waals surface area contributed by atoms with E-state index >= 15 is 0 Å². The van der Waals surface area contributed by atoms with Crippen molar-refractivity contribution in [1.29, 1.82) is 0 Å². The number of nitrogens with zero attached hydrogens (tertiary/aromatic N) is 1. The van der Waals surface area contributed by atoms with Crippen molar-refractivity contribution in [1.82, 2.24) is 4.90 Å². The summed E-state index contributed by atoms with van der Waals surface area (Å²) in [6.45, 7) is 9.13. The molecule has 4 nitrogen and oxygen atoms in total. The zero-order chi connectivity index (χ0) is 15.2. The standard InChI is InChI=1S/C16H24N2O2/c1-5-10-18(11-12-20-4)15(19)16(2,3)13-6-8-14(17)9-7-13/h5-9H,1,10-12,17H2,2-4H3. The normalized spacial score (nSPS) is 11.2. The highest BCUT2D eigenvalue weighted by molar-refractivity contribution is 5.87. The molecule has 20 heavy (non-hydrogen) atoms. The molecule has 0 spiro atoms. The maximum atomic E-state index is 12.7. The Morgan fingerprint density at radius 2 is 2.00 bits per heavy atom. The van der Waals surface area contributed by atoms with E-state index in [0.29, 0.717) is 25.4 Å². The second kappa shape index (κ2) is 7.10. The van der Waals surface area contributed by atoms with E-state index in [4.69, 9.17) is 10.5 Å². The lowest BCUT2D eigenvalue weighted by atomic mass is 9.83. The fourth-order valence-corrected chi connectivity index (χ4v) is 2.05. The highest BCUT2D eigenvalue weighted by Crippen LogP contribution is 2.26. The fraction of sp³-hybridized carbons (Fsp3) is 0.438. The Bertz CT molecular complexity index is 452. The van der Waals surface area contributed by atoms with Crippen LogP contribution in [-0.2, 0) is 14.9 Å². The Labute approximate surface area is 121 Å². The first kappa shape index (κ1) is 16.2. The number of anilines is 1. The molecule has 0 bridgehead atoms. The summed E-state index contributed by atoms with van der Waals surface area (Å²) in [4.78, 5) is 14.5. The molecule has 4 heteroatoms. The summed E-state index contributed by atoms with van der Waals surface area (Å²) < 4.78 is 5.06. The predicted molar refractivity (Wildman–Crippen MR) is 82.5 cm³/mol. The number of rotatable bonds is 7. The maximum absolute atomic E-state index is 12.7. The van der Waals surface area contributed by atoms with Crippen molar-refractivity contribution < 1.29 is 9.53 Å². The molecule has 0 aliphatic heterocycles. The number of nitrogens with two attached hydrogens (primary N) is 1. The van der Waals surface area contributed by atoms with Gasteiger partial charge in [-0.1, -0.05) is 18.2 Å². The lowest BCUT2D eigenvalue weighted by molar-refractivity contribution is -0.136. The van der Waals surface area contributed by atoms with Gasteiger partial charge in [-0.2, -0.15) is 0 Å². The highest BCUT2D eigenvalue weighted by Gasteiger charge is 2.33. The van der Waals surface area contributed by atoms with E-state index in [1.165, 1.54) is 0 Å². The van der Waals surface area contributed by atoms with Crippen LogP contribution < -0.4 is 5.73 Å². The van der Waals surface area contributed by atoms with E-state index in [2.05, 4.69) is 6.58 Å². The largest absolute Gasteiger partial charge is 0.399 e. The molecular formula is C16H24N2O2. The SMILES string of the molecule is C=CCN(CCOC)C(=O)C(C)(C)c1ccc(N)cc1. The molecule has 0 unspecified atom stereocenters. The number of ether oxygens (including phenoxy) is 1. The number of benzene rings is 1. The quantitative estimate of drug-likeness (QED) is 0.613. The number of carbonyl (C=O) groups excluding carboxylic acids is 1. The average Bonchev–Trinajstić information content (AvgIpc) is 2.43. The molecule has 0 aromatic heterocycles. The van der Waals surface area contributed by atoms with E-state index in [0.717, 1.165) is 5.56 Å². The zero-order valence-electron chi connectivity index (χ0n) is 12.6. The molecule has 1 amide bonds. The average molecular weight is 276 g/mol. The molecule has 1 rings (SSSR count). The summed E-state index contributed by atoms with van der Waals surface area (Å²) in [5.74, 6) is 0.0548. The van der Waals surface area contributed by atoms with Gasteiger partial charge in [-0.3, -0.25) is 4.79 Å². The highest BCUT2D eigenvalue weighted by atomic mass is 16.5. The first-order valence-electron chi connectivity index (χ1n) is 6.68. The molecule has 0 radical (unpaired) electrons. The summed E-state index contributed by atoms with van der Waals surface area (Å²) >= 11 is 0. The van der Waals surface area contributed by atoms with Gasteiger partial charge in [-0.25, -0.2) is 0 Å². The van der Waals surface area contributed by atoms with Gasteiger partial charge in [0, 0.05) is 25.9 Å². The number of methoxy groups -OCH3 is 1. The van der Waals surface area contributed by atoms with Gasteiger partial charge in [0.05, 0.1) is 12.0 Å².